The van der Waals surface area contributed by atoms with Gasteiger partial charge in [-0.25, -0.2) is 9.97 Å². The zero-order valence-corrected chi connectivity index (χ0v) is 12.0. The number of nitrogens with zero attached hydrogens (tertiary/aromatic N) is 3. The molecule has 0 unspecified atom stereocenters. The maximum atomic E-state index is 5.56. The Bertz CT molecular complexity index is 413. The molecule has 106 valence electrons. The van der Waals surface area contributed by atoms with Gasteiger partial charge in [-0.15, -0.1) is 0 Å². The van der Waals surface area contributed by atoms with E-state index in [-0.39, 0.29) is 12.1 Å². The minimum atomic E-state index is 0.147. The average Bonchev–Trinajstić information content (AvgIpc) is 2.82. The van der Waals surface area contributed by atoms with Crippen LogP contribution in [-0.2, 0) is 4.74 Å². The molecule has 0 aliphatic carbocycles. The molecule has 1 aromatic heterocycles. The number of rotatable bonds is 5. The molecule has 6 nitrogen and oxygen atoms in total. The van der Waals surface area contributed by atoms with Crippen molar-refractivity contribution in [2.45, 2.75) is 32.0 Å². The minimum Gasteiger partial charge on any atom is -0.478 e. The summed E-state index contributed by atoms with van der Waals surface area (Å²) in [6.45, 7) is 6.24. The fraction of sp³-hybridized carbons (Fsp3) is 0.692. The van der Waals surface area contributed by atoms with Gasteiger partial charge in [-0.2, -0.15) is 0 Å². The second-order valence-electron chi connectivity index (χ2n) is 4.99. The van der Waals surface area contributed by atoms with Crippen molar-refractivity contribution >= 4 is 5.82 Å². The first-order valence-corrected chi connectivity index (χ1v) is 6.54. The normalized spacial score (nSPS) is 23.8. The van der Waals surface area contributed by atoms with Crippen molar-refractivity contribution in [2.75, 3.05) is 32.6 Å². The van der Waals surface area contributed by atoms with Crippen LogP contribution in [0.25, 0.3) is 0 Å². The minimum absolute atomic E-state index is 0.147. The summed E-state index contributed by atoms with van der Waals surface area (Å²) in [4.78, 5) is 10.8. The SMILES string of the molecule is COc1nccnc1N[C@H]1CN(C(C)C)C[C@@H]1OC. The number of likely N-dealkylation sites (tertiary alicyclic amines) is 1. The van der Waals surface area contributed by atoms with Crippen molar-refractivity contribution in [3.63, 3.8) is 0 Å². The van der Waals surface area contributed by atoms with Crippen molar-refractivity contribution in [3.05, 3.63) is 12.4 Å². The van der Waals surface area contributed by atoms with Gasteiger partial charge in [0.05, 0.1) is 19.3 Å². The molecule has 0 aromatic carbocycles. The second kappa shape index (κ2) is 6.16. The quantitative estimate of drug-likeness (QED) is 0.858. The van der Waals surface area contributed by atoms with E-state index in [1.165, 1.54) is 0 Å². The largest absolute Gasteiger partial charge is 0.478 e. The highest BCUT2D eigenvalue weighted by atomic mass is 16.5. The summed E-state index contributed by atoms with van der Waals surface area (Å²) in [5, 5.41) is 3.38. The predicted molar refractivity (Wildman–Crippen MR) is 73.5 cm³/mol. The van der Waals surface area contributed by atoms with Gasteiger partial charge in [0.15, 0.2) is 5.82 Å². The van der Waals surface area contributed by atoms with Gasteiger partial charge in [0, 0.05) is 38.6 Å². The molecule has 2 heterocycles. The third-order valence-electron chi connectivity index (χ3n) is 3.51. The number of hydrogen-bond acceptors (Lipinski definition) is 6. The van der Waals surface area contributed by atoms with Crippen LogP contribution in [0.15, 0.2) is 12.4 Å². The summed E-state index contributed by atoms with van der Waals surface area (Å²) >= 11 is 0. The van der Waals surface area contributed by atoms with E-state index in [1.807, 2.05) is 0 Å². The number of aromatic nitrogens is 2. The molecule has 1 N–H and O–H groups in total. The van der Waals surface area contributed by atoms with Crippen LogP contribution in [0.1, 0.15) is 13.8 Å². The van der Waals surface area contributed by atoms with Crippen LogP contribution in [0, 0.1) is 0 Å². The van der Waals surface area contributed by atoms with E-state index in [9.17, 15) is 0 Å². The Morgan fingerprint density at radius 2 is 2.00 bits per heavy atom. The standard InChI is InChI=1S/C13H22N4O2/c1-9(2)17-7-10(11(8-17)18-3)16-12-13(19-4)15-6-5-14-12/h5-6,9-11H,7-8H2,1-4H3,(H,14,16)/t10-,11-/m0/s1. The topological polar surface area (TPSA) is 59.5 Å². The van der Waals surface area contributed by atoms with Gasteiger partial charge in [-0.05, 0) is 13.8 Å². The van der Waals surface area contributed by atoms with E-state index in [0.717, 1.165) is 13.1 Å². The Morgan fingerprint density at radius 1 is 1.26 bits per heavy atom. The van der Waals surface area contributed by atoms with Crippen LogP contribution in [-0.4, -0.2) is 60.4 Å². The van der Waals surface area contributed by atoms with Crippen molar-refractivity contribution < 1.29 is 9.47 Å². The lowest BCUT2D eigenvalue weighted by Crippen LogP contribution is -2.34. The molecular weight excluding hydrogens is 244 g/mol. The highest BCUT2D eigenvalue weighted by molar-refractivity contribution is 5.46. The first-order chi connectivity index (χ1) is 9.15. The molecule has 0 bridgehead atoms. The molecule has 2 atom stereocenters. The highest BCUT2D eigenvalue weighted by Gasteiger charge is 2.34. The van der Waals surface area contributed by atoms with Crippen molar-refractivity contribution in [1.82, 2.24) is 14.9 Å². The van der Waals surface area contributed by atoms with E-state index >= 15 is 0 Å². The Kier molecular flexibility index (Phi) is 4.55. The molecule has 1 aromatic rings. The summed E-state index contributed by atoms with van der Waals surface area (Å²) < 4.78 is 10.8. The number of anilines is 1. The third kappa shape index (κ3) is 3.13. The Labute approximate surface area is 114 Å². The summed E-state index contributed by atoms with van der Waals surface area (Å²) in [6, 6.07) is 0.700. The molecule has 1 fully saturated rings. The molecule has 19 heavy (non-hydrogen) atoms. The fourth-order valence-electron chi connectivity index (χ4n) is 2.35. The van der Waals surface area contributed by atoms with E-state index in [2.05, 4.69) is 34.0 Å². The summed E-state index contributed by atoms with van der Waals surface area (Å²) in [5.74, 6) is 1.18. The average molecular weight is 266 g/mol. The molecule has 0 radical (unpaired) electrons. The van der Waals surface area contributed by atoms with Crippen LogP contribution < -0.4 is 10.1 Å². The van der Waals surface area contributed by atoms with Crippen LogP contribution >= 0.6 is 0 Å². The maximum absolute atomic E-state index is 5.56. The lowest BCUT2D eigenvalue weighted by atomic mass is 10.2. The molecule has 0 amide bonds. The van der Waals surface area contributed by atoms with Crippen LogP contribution in [0.2, 0.25) is 0 Å². The van der Waals surface area contributed by atoms with Crippen LogP contribution in [0.4, 0.5) is 5.82 Å². The van der Waals surface area contributed by atoms with Gasteiger partial charge in [0.1, 0.15) is 0 Å². The number of hydrogen-bond donors (Lipinski definition) is 1. The molecule has 0 spiro atoms. The summed E-state index contributed by atoms with van der Waals surface area (Å²) in [7, 11) is 3.34. The van der Waals surface area contributed by atoms with Crippen LogP contribution in [0.3, 0.4) is 0 Å². The van der Waals surface area contributed by atoms with Gasteiger partial charge in [-0.3, -0.25) is 4.90 Å². The molecule has 6 heteroatoms. The van der Waals surface area contributed by atoms with Crippen molar-refractivity contribution in [1.29, 1.82) is 0 Å². The number of nitrogens with one attached hydrogen (secondary N) is 1. The monoisotopic (exact) mass is 266 g/mol. The summed E-state index contributed by atoms with van der Waals surface area (Å²) in [6.07, 6.45) is 3.42. The molecule has 1 aliphatic heterocycles. The summed E-state index contributed by atoms with van der Waals surface area (Å²) in [5.41, 5.74) is 0. The molecule has 1 saturated heterocycles. The van der Waals surface area contributed by atoms with Gasteiger partial charge in [0.2, 0.25) is 0 Å². The first-order valence-electron chi connectivity index (χ1n) is 6.54. The lowest BCUT2D eigenvalue weighted by molar-refractivity contribution is 0.0982. The fourth-order valence-corrected chi connectivity index (χ4v) is 2.35. The zero-order valence-electron chi connectivity index (χ0n) is 12.0. The number of methoxy groups -OCH3 is 2. The van der Waals surface area contributed by atoms with Crippen molar-refractivity contribution in [2.24, 2.45) is 0 Å². The predicted octanol–water partition coefficient (Wildman–Crippen LogP) is 1.00. The van der Waals surface area contributed by atoms with Gasteiger partial charge < -0.3 is 14.8 Å². The third-order valence-corrected chi connectivity index (χ3v) is 3.51. The lowest BCUT2D eigenvalue weighted by Gasteiger charge is -2.20. The first kappa shape index (κ1) is 14.0. The zero-order chi connectivity index (χ0) is 13.8. The van der Waals surface area contributed by atoms with E-state index in [4.69, 9.17) is 9.47 Å². The van der Waals surface area contributed by atoms with Crippen LogP contribution in [0.5, 0.6) is 5.88 Å². The van der Waals surface area contributed by atoms with E-state index in [1.54, 1.807) is 26.6 Å². The molecule has 2 rings (SSSR count). The molecule has 0 saturated carbocycles. The molecule has 1 aliphatic rings. The van der Waals surface area contributed by atoms with Gasteiger partial charge in [-0.1, -0.05) is 0 Å². The second-order valence-corrected chi connectivity index (χ2v) is 4.99. The smallest absolute Gasteiger partial charge is 0.257 e. The van der Waals surface area contributed by atoms with Crippen molar-refractivity contribution in [3.8, 4) is 5.88 Å². The highest BCUT2D eigenvalue weighted by Crippen LogP contribution is 2.23. The van der Waals surface area contributed by atoms with Gasteiger partial charge in [0.25, 0.3) is 5.88 Å². The van der Waals surface area contributed by atoms with Gasteiger partial charge >= 0.3 is 0 Å². The Balaban J connectivity index is 2.09. The number of ether oxygens (including phenoxy) is 2. The Hall–Kier alpha value is -1.40. The van der Waals surface area contributed by atoms with E-state index < -0.39 is 0 Å². The maximum Gasteiger partial charge on any atom is 0.257 e. The van der Waals surface area contributed by atoms with E-state index in [0.29, 0.717) is 17.7 Å². The Morgan fingerprint density at radius 3 is 2.63 bits per heavy atom. The molecular formula is C13H22N4O2.